The first-order valence-electron chi connectivity index (χ1n) is 9.55. The Morgan fingerprint density at radius 3 is 2.57 bits per heavy atom. The number of anilines is 1. The SMILES string of the molecule is N#Cc1ccccc1S(=O)(=O)NC1Cc2cc(Cl)ccc2N(Cc2ccccc2)C1. The maximum atomic E-state index is 13.0. The Morgan fingerprint density at radius 2 is 1.80 bits per heavy atom. The van der Waals surface area contributed by atoms with Crippen LogP contribution in [0.1, 0.15) is 16.7 Å². The van der Waals surface area contributed by atoms with Gasteiger partial charge in [0.25, 0.3) is 0 Å². The maximum absolute atomic E-state index is 13.0. The van der Waals surface area contributed by atoms with Gasteiger partial charge in [0.05, 0.1) is 10.5 Å². The summed E-state index contributed by atoms with van der Waals surface area (Å²) in [6, 6.07) is 23.6. The summed E-state index contributed by atoms with van der Waals surface area (Å²) in [5, 5.41) is 9.91. The van der Waals surface area contributed by atoms with Gasteiger partial charge in [-0.25, -0.2) is 13.1 Å². The van der Waals surface area contributed by atoms with E-state index in [4.69, 9.17) is 11.6 Å². The van der Waals surface area contributed by atoms with Gasteiger partial charge in [-0.3, -0.25) is 0 Å². The smallest absolute Gasteiger partial charge is 0.242 e. The minimum atomic E-state index is -3.84. The van der Waals surface area contributed by atoms with E-state index >= 15 is 0 Å². The Balaban J connectivity index is 1.64. The van der Waals surface area contributed by atoms with Crippen LogP contribution in [0.25, 0.3) is 0 Å². The van der Waals surface area contributed by atoms with E-state index in [0.717, 1.165) is 16.8 Å². The van der Waals surface area contributed by atoms with Crippen molar-refractivity contribution in [2.75, 3.05) is 11.4 Å². The molecule has 0 radical (unpaired) electrons. The van der Waals surface area contributed by atoms with Gasteiger partial charge in [-0.05, 0) is 47.9 Å². The zero-order valence-electron chi connectivity index (χ0n) is 16.1. The molecule has 1 aliphatic rings. The van der Waals surface area contributed by atoms with Gasteiger partial charge in [0, 0.05) is 29.8 Å². The van der Waals surface area contributed by atoms with E-state index < -0.39 is 10.0 Å². The third-order valence-electron chi connectivity index (χ3n) is 5.12. The average Bonchev–Trinajstić information content (AvgIpc) is 2.74. The largest absolute Gasteiger partial charge is 0.365 e. The van der Waals surface area contributed by atoms with Gasteiger partial charge in [-0.2, -0.15) is 5.26 Å². The second-order valence-electron chi connectivity index (χ2n) is 7.27. The van der Waals surface area contributed by atoms with Crippen molar-refractivity contribution in [1.29, 1.82) is 5.26 Å². The molecule has 1 aliphatic heterocycles. The van der Waals surface area contributed by atoms with E-state index in [0.29, 0.717) is 24.5 Å². The van der Waals surface area contributed by atoms with Crippen LogP contribution in [0.4, 0.5) is 5.69 Å². The minimum Gasteiger partial charge on any atom is -0.365 e. The number of fused-ring (bicyclic) bond motifs is 1. The zero-order chi connectivity index (χ0) is 21.1. The number of sulfonamides is 1. The Hall–Kier alpha value is -2.85. The van der Waals surface area contributed by atoms with Crippen LogP contribution in [0.15, 0.2) is 77.7 Å². The van der Waals surface area contributed by atoms with Gasteiger partial charge in [0.2, 0.25) is 10.0 Å². The minimum absolute atomic E-state index is 0.000926. The van der Waals surface area contributed by atoms with Crippen LogP contribution in [0.2, 0.25) is 5.02 Å². The Morgan fingerprint density at radius 1 is 1.07 bits per heavy atom. The highest BCUT2D eigenvalue weighted by molar-refractivity contribution is 7.89. The molecule has 0 aromatic heterocycles. The number of nitrogens with one attached hydrogen (secondary N) is 1. The van der Waals surface area contributed by atoms with Gasteiger partial charge in [0.1, 0.15) is 6.07 Å². The molecule has 7 heteroatoms. The highest BCUT2D eigenvalue weighted by atomic mass is 35.5. The van der Waals surface area contributed by atoms with E-state index in [1.54, 1.807) is 12.1 Å². The summed E-state index contributed by atoms with van der Waals surface area (Å²) in [6.07, 6.45) is 0.523. The van der Waals surface area contributed by atoms with Crippen molar-refractivity contribution < 1.29 is 8.42 Å². The molecular formula is C23H20ClN3O2S. The van der Waals surface area contributed by atoms with Crippen LogP contribution in [0.5, 0.6) is 0 Å². The van der Waals surface area contributed by atoms with E-state index in [9.17, 15) is 13.7 Å². The Kier molecular flexibility index (Phi) is 5.78. The number of hydrogen-bond donors (Lipinski definition) is 1. The molecule has 0 saturated heterocycles. The summed E-state index contributed by atoms with van der Waals surface area (Å²) < 4.78 is 28.8. The second-order valence-corrected chi connectivity index (χ2v) is 9.39. The van der Waals surface area contributed by atoms with Crippen molar-refractivity contribution in [3.63, 3.8) is 0 Å². The van der Waals surface area contributed by atoms with Crippen molar-refractivity contribution in [1.82, 2.24) is 4.72 Å². The zero-order valence-corrected chi connectivity index (χ0v) is 17.7. The van der Waals surface area contributed by atoms with Crippen molar-refractivity contribution in [3.05, 3.63) is 94.5 Å². The molecule has 1 N–H and O–H groups in total. The fourth-order valence-corrected chi connectivity index (χ4v) is 5.41. The van der Waals surface area contributed by atoms with E-state index in [1.165, 1.54) is 12.1 Å². The van der Waals surface area contributed by atoms with Gasteiger partial charge in [0.15, 0.2) is 0 Å². The molecule has 3 aromatic carbocycles. The van der Waals surface area contributed by atoms with Gasteiger partial charge >= 0.3 is 0 Å². The summed E-state index contributed by atoms with van der Waals surface area (Å²) in [7, 11) is -3.84. The average molecular weight is 438 g/mol. The van der Waals surface area contributed by atoms with Crippen LogP contribution in [-0.4, -0.2) is 21.0 Å². The van der Waals surface area contributed by atoms with Crippen molar-refractivity contribution in [2.45, 2.75) is 23.9 Å². The first-order valence-corrected chi connectivity index (χ1v) is 11.4. The number of nitrogens with zero attached hydrogens (tertiary/aromatic N) is 2. The van der Waals surface area contributed by atoms with E-state index in [-0.39, 0.29) is 16.5 Å². The fraction of sp³-hybridized carbons (Fsp3) is 0.174. The molecule has 0 bridgehead atoms. The summed E-state index contributed by atoms with van der Waals surface area (Å²) in [5.74, 6) is 0. The molecule has 1 unspecified atom stereocenters. The number of nitriles is 1. The first kappa shape index (κ1) is 20.4. The molecular weight excluding hydrogens is 418 g/mol. The van der Waals surface area contributed by atoms with Crippen LogP contribution < -0.4 is 9.62 Å². The molecule has 4 rings (SSSR count). The number of hydrogen-bond acceptors (Lipinski definition) is 4. The first-order chi connectivity index (χ1) is 14.5. The van der Waals surface area contributed by atoms with Crippen LogP contribution in [0, 0.1) is 11.3 Å². The van der Waals surface area contributed by atoms with Crippen molar-refractivity contribution in [2.24, 2.45) is 0 Å². The molecule has 152 valence electrons. The monoisotopic (exact) mass is 437 g/mol. The number of rotatable bonds is 5. The standard InChI is InChI=1S/C23H20ClN3O2S/c24-20-10-11-22-19(12-20)13-21(16-27(22)15-17-6-2-1-3-7-17)26-30(28,29)23-9-5-4-8-18(23)14-25/h1-12,21,26H,13,15-16H2. The van der Waals surface area contributed by atoms with Crippen molar-refractivity contribution in [3.8, 4) is 6.07 Å². The maximum Gasteiger partial charge on any atom is 0.242 e. The molecule has 0 saturated carbocycles. The van der Waals surface area contributed by atoms with Gasteiger partial charge in [-0.15, -0.1) is 0 Å². The Bertz CT molecular complexity index is 1210. The lowest BCUT2D eigenvalue weighted by Gasteiger charge is -2.36. The molecule has 0 spiro atoms. The lowest BCUT2D eigenvalue weighted by molar-refractivity contribution is 0.524. The molecule has 3 aromatic rings. The molecule has 1 atom stereocenters. The van der Waals surface area contributed by atoms with Crippen LogP contribution >= 0.6 is 11.6 Å². The van der Waals surface area contributed by atoms with Crippen LogP contribution in [0.3, 0.4) is 0 Å². The van der Waals surface area contributed by atoms with Crippen LogP contribution in [-0.2, 0) is 23.0 Å². The molecule has 1 heterocycles. The molecule has 5 nitrogen and oxygen atoms in total. The second kappa shape index (κ2) is 8.49. The van der Waals surface area contributed by atoms with Gasteiger partial charge < -0.3 is 4.90 Å². The molecule has 0 fully saturated rings. The summed E-state index contributed by atoms with van der Waals surface area (Å²) >= 11 is 6.21. The predicted molar refractivity (Wildman–Crippen MR) is 118 cm³/mol. The lowest BCUT2D eigenvalue weighted by Crippen LogP contribution is -2.48. The highest BCUT2D eigenvalue weighted by Crippen LogP contribution is 2.31. The summed E-state index contributed by atoms with van der Waals surface area (Å²) in [5.41, 5.74) is 3.31. The predicted octanol–water partition coefficient (Wildman–Crippen LogP) is 4.12. The van der Waals surface area contributed by atoms with E-state index in [1.807, 2.05) is 54.6 Å². The third-order valence-corrected chi connectivity index (χ3v) is 6.94. The molecule has 0 aliphatic carbocycles. The third kappa shape index (κ3) is 4.34. The van der Waals surface area contributed by atoms with E-state index in [2.05, 4.69) is 9.62 Å². The van der Waals surface area contributed by atoms with Gasteiger partial charge in [-0.1, -0.05) is 54.1 Å². The Labute approximate surface area is 181 Å². The quantitative estimate of drug-likeness (QED) is 0.651. The molecule has 30 heavy (non-hydrogen) atoms. The number of halogens is 1. The summed E-state index contributed by atoms with van der Waals surface area (Å²) in [6.45, 7) is 1.17. The molecule has 0 amide bonds. The fourth-order valence-electron chi connectivity index (χ4n) is 3.83. The lowest BCUT2D eigenvalue weighted by atomic mass is 9.98. The normalized spacial score (nSPS) is 16.0. The van der Waals surface area contributed by atoms with Crippen molar-refractivity contribution >= 4 is 27.3 Å². The highest BCUT2D eigenvalue weighted by Gasteiger charge is 2.29. The topological polar surface area (TPSA) is 73.2 Å². The summed E-state index contributed by atoms with van der Waals surface area (Å²) in [4.78, 5) is 2.16. The number of benzene rings is 3.